The van der Waals surface area contributed by atoms with Crippen LogP contribution in [0.15, 0.2) is 33.4 Å². The first-order valence-electron chi connectivity index (χ1n) is 8.72. The van der Waals surface area contributed by atoms with E-state index in [1.807, 2.05) is 20.8 Å². The fourth-order valence-corrected chi connectivity index (χ4v) is 3.34. The lowest BCUT2D eigenvalue weighted by atomic mass is 9.94. The van der Waals surface area contributed by atoms with Crippen molar-refractivity contribution in [2.45, 2.75) is 47.0 Å². The predicted molar refractivity (Wildman–Crippen MR) is 106 cm³/mol. The normalized spacial score (nSPS) is 17.0. The van der Waals surface area contributed by atoms with E-state index < -0.39 is 0 Å². The van der Waals surface area contributed by atoms with Crippen LogP contribution in [0.3, 0.4) is 0 Å². The van der Waals surface area contributed by atoms with Crippen LogP contribution >= 0.6 is 15.9 Å². The number of hydrogen-bond donors (Lipinski definition) is 2. The number of nitrogens with one attached hydrogen (secondary N) is 1. The van der Waals surface area contributed by atoms with Crippen molar-refractivity contribution in [2.75, 3.05) is 13.1 Å². The van der Waals surface area contributed by atoms with Crippen molar-refractivity contribution in [1.82, 2.24) is 5.32 Å². The smallest absolute Gasteiger partial charge is 0.123 e. The molecule has 0 bridgehead atoms. The van der Waals surface area contributed by atoms with Gasteiger partial charge in [0.05, 0.1) is 15.9 Å². The van der Waals surface area contributed by atoms with Crippen LogP contribution in [0, 0.1) is 18.7 Å². The van der Waals surface area contributed by atoms with Gasteiger partial charge >= 0.3 is 0 Å². The number of nitrogens with zero attached hydrogens (tertiary/aromatic N) is 1. The zero-order valence-electron chi connectivity index (χ0n) is 15.1. The highest BCUT2D eigenvalue weighted by Gasteiger charge is 2.19. The van der Waals surface area contributed by atoms with E-state index in [2.05, 4.69) is 33.2 Å². The second kappa shape index (κ2) is 10.6. The monoisotopic (exact) mass is 397 g/mol. The van der Waals surface area contributed by atoms with Crippen molar-refractivity contribution >= 4 is 27.3 Å². The summed E-state index contributed by atoms with van der Waals surface area (Å²) < 4.78 is 14.1. The summed E-state index contributed by atoms with van der Waals surface area (Å²) in [6.07, 6.45) is 2.87. The molecular weight excluding hydrogens is 369 g/mol. The molecule has 5 heteroatoms. The lowest BCUT2D eigenvalue weighted by Crippen LogP contribution is -2.31. The van der Waals surface area contributed by atoms with E-state index in [0.29, 0.717) is 5.92 Å². The molecule has 1 aromatic carbocycles. The molecule has 1 aliphatic heterocycles. The Morgan fingerprint density at radius 3 is 2.50 bits per heavy atom. The number of piperidine rings is 1. The van der Waals surface area contributed by atoms with Gasteiger partial charge in [-0.2, -0.15) is 0 Å². The Hall–Kier alpha value is -1.20. The van der Waals surface area contributed by atoms with E-state index >= 15 is 0 Å². The Kier molecular flexibility index (Phi) is 9.22. The fourth-order valence-electron chi connectivity index (χ4n) is 2.65. The van der Waals surface area contributed by atoms with Crippen LogP contribution in [-0.4, -0.2) is 18.8 Å². The minimum Gasteiger partial charge on any atom is -0.401 e. The number of allylic oxidation sites excluding steroid dienone is 2. The SMILES string of the molecule is CC.CCC(=Nc1ccc(F)cc1C)/C(Br)=C(\N)C1CCNCC1. The molecule has 2 rings (SSSR count). The number of halogens is 2. The lowest BCUT2D eigenvalue weighted by Gasteiger charge is -2.24. The molecule has 1 aliphatic rings. The highest BCUT2D eigenvalue weighted by atomic mass is 79.9. The van der Waals surface area contributed by atoms with Crippen LogP contribution in [0.25, 0.3) is 0 Å². The summed E-state index contributed by atoms with van der Waals surface area (Å²) in [5.41, 5.74) is 9.74. The molecular formula is C19H29BrFN3. The predicted octanol–water partition coefficient (Wildman–Crippen LogP) is 5.21. The quantitative estimate of drug-likeness (QED) is 0.685. The summed E-state index contributed by atoms with van der Waals surface area (Å²) in [7, 11) is 0. The molecule has 1 fully saturated rings. The van der Waals surface area contributed by atoms with E-state index in [-0.39, 0.29) is 5.82 Å². The van der Waals surface area contributed by atoms with Crippen molar-refractivity contribution in [2.24, 2.45) is 16.6 Å². The minimum atomic E-state index is -0.238. The summed E-state index contributed by atoms with van der Waals surface area (Å²) in [4.78, 5) is 4.68. The van der Waals surface area contributed by atoms with Crippen LogP contribution < -0.4 is 11.1 Å². The Labute approximate surface area is 153 Å². The molecule has 0 aliphatic carbocycles. The maximum atomic E-state index is 13.2. The summed E-state index contributed by atoms with van der Waals surface area (Å²) >= 11 is 3.63. The van der Waals surface area contributed by atoms with Crippen molar-refractivity contribution in [3.8, 4) is 0 Å². The van der Waals surface area contributed by atoms with Crippen molar-refractivity contribution in [3.63, 3.8) is 0 Å². The number of aryl methyl sites for hydroxylation is 1. The number of benzene rings is 1. The van der Waals surface area contributed by atoms with E-state index in [0.717, 1.165) is 59.5 Å². The first-order chi connectivity index (χ1) is 11.5. The first kappa shape index (κ1) is 20.8. The highest BCUT2D eigenvalue weighted by Crippen LogP contribution is 2.27. The van der Waals surface area contributed by atoms with Gasteiger partial charge in [0.2, 0.25) is 0 Å². The molecule has 0 unspecified atom stereocenters. The van der Waals surface area contributed by atoms with E-state index in [1.165, 1.54) is 12.1 Å². The molecule has 0 amide bonds. The zero-order chi connectivity index (χ0) is 18.1. The average Bonchev–Trinajstić information content (AvgIpc) is 2.62. The number of rotatable bonds is 4. The van der Waals surface area contributed by atoms with Gasteiger partial charge < -0.3 is 11.1 Å². The molecule has 1 saturated heterocycles. The molecule has 24 heavy (non-hydrogen) atoms. The minimum absolute atomic E-state index is 0.238. The molecule has 0 spiro atoms. The second-order valence-electron chi connectivity index (χ2n) is 5.64. The second-order valence-corrected chi connectivity index (χ2v) is 6.43. The van der Waals surface area contributed by atoms with Gasteiger partial charge in [-0.05, 0) is 79.0 Å². The maximum Gasteiger partial charge on any atom is 0.123 e. The summed E-state index contributed by atoms with van der Waals surface area (Å²) in [6, 6.07) is 4.65. The summed E-state index contributed by atoms with van der Waals surface area (Å²) in [6.45, 7) is 9.92. The van der Waals surface area contributed by atoms with Gasteiger partial charge in [-0.3, -0.25) is 4.99 Å². The van der Waals surface area contributed by atoms with Gasteiger partial charge in [-0.15, -0.1) is 0 Å². The molecule has 3 N–H and O–H groups in total. The molecule has 1 aromatic rings. The van der Waals surface area contributed by atoms with Gasteiger partial charge in [0.1, 0.15) is 5.82 Å². The van der Waals surface area contributed by atoms with Gasteiger partial charge in [-0.25, -0.2) is 4.39 Å². The molecule has 0 saturated carbocycles. The maximum absolute atomic E-state index is 13.2. The first-order valence-corrected chi connectivity index (χ1v) is 9.52. The Morgan fingerprint density at radius 2 is 1.96 bits per heavy atom. The third-order valence-corrected chi connectivity index (χ3v) is 4.95. The number of nitrogens with two attached hydrogens (primary N) is 1. The van der Waals surface area contributed by atoms with Gasteiger partial charge in [0.15, 0.2) is 0 Å². The number of hydrogen-bond acceptors (Lipinski definition) is 3. The third kappa shape index (κ3) is 5.71. The van der Waals surface area contributed by atoms with Crippen LogP contribution in [0.2, 0.25) is 0 Å². The summed E-state index contributed by atoms with van der Waals surface area (Å²) in [5, 5.41) is 3.35. The van der Waals surface area contributed by atoms with Crippen LogP contribution in [0.1, 0.15) is 45.6 Å². The van der Waals surface area contributed by atoms with E-state index in [4.69, 9.17) is 5.73 Å². The average molecular weight is 398 g/mol. The largest absolute Gasteiger partial charge is 0.401 e. The van der Waals surface area contributed by atoms with Crippen LogP contribution in [-0.2, 0) is 0 Å². The molecule has 0 aromatic heterocycles. The van der Waals surface area contributed by atoms with E-state index in [1.54, 1.807) is 6.07 Å². The van der Waals surface area contributed by atoms with Crippen molar-refractivity contribution in [3.05, 3.63) is 39.8 Å². The van der Waals surface area contributed by atoms with Crippen molar-refractivity contribution < 1.29 is 4.39 Å². The topological polar surface area (TPSA) is 50.4 Å². The highest BCUT2D eigenvalue weighted by molar-refractivity contribution is 9.12. The molecule has 0 radical (unpaired) electrons. The Morgan fingerprint density at radius 1 is 1.33 bits per heavy atom. The van der Waals surface area contributed by atoms with E-state index in [9.17, 15) is 4.39 Å². The van der Waals surface area contributed by atoms with Crippen molar-refractivity contribution in [1.29, 1.82) is 0 Å². The Balaban J connectivity index is 0.00000139. The summed E-state index contributed by atoms with van der Waals surface area (Å²) in [5.74, 6) is 0.153. The molecule has 3 nitrogen and oxygen atoms in total. The molecule has 0 atom stereocenters. The van der Waals surface area contributed by atoms with Gasteiger partial charge in [0, 0.05) is 11.6 Å². The lowest BCUT2D eigenvalue weighted by molar-refractivity contribution is 0.417. The molecule has 134 valence electrons. The van der Waals surface area contributed by atoms with Gasteiger partial charge in [0.25, 0.3) is 0 Å². The fraction of sp³-hybridized carbons (Fsp3) is 0.526. The van der Waals surface area contributed by atoms with Crippen LogP contribution in [0.5, 0.6) is 0 Å². The number of aliphatic imine (C=N–C) groups is 1. The molecule has 1 heterocycles. The Bertz CT molecular complexity index is 590. The van der Waals surface area contributed by atoms with Crippen LogP contribution in [0.4, 0.5) is 10.1 Å². The van der Waals surface area contributed by atoms with Gasteiger partial charge in [-0.1, -0.05) is 20.8 Å². The standard InChI is InChI=1S/C17H23BrFN3.C2H6/c1-3-14(22-15-5-4-13(19)10-11(15)2)16(18)17(20)12-6-8-21-9-7-12;1-2/h4-5,10,12,21H,3,6-9,20H2,1-2H3;1-2H3/b17-16+,22-14?;. The third-order valence-electron chi connectivity index (χ3n) is 4.03. The zero-order valence-corrected chi connectivity index (χ0v) is 16.7.